The average molecular weight is 1110 g/mol. The fourth-order valence-electron chi connectivity index (χ4n) is 8.30. The Bertz CT molecular complexity index is 1750. The Labute approximate surface area is 480 Å². The van der Waals surface area contributed by atoms with Crippen molar-refractivity contribution in [3.8, 4) is 0 Å². The Morgan fingerprint density at radius 2 is 0.821 bits per heavy atom. The molecule has 0 fully saturated rings. The highest BCUT2D eigenvalue weighted by Gasteiger charge is 2.30. The second-order valence-electron chi connectivity index (χ2n) is 21.8. The van der Waals surface area contributed by atoms with Gasteiger partial charge in [0.2, 0.25) is 5.91 Å². The van der Waals surface area contributed by atoms with Crippen LogP contribution in [0, 0.1) is 0 Å². The Hall–Kier alpha value is -3.59. The minimum atomic E-state index is -4.47. The summed E-state index contributed by atoms with van der Waals surface area (Å²) in [6.07, 6.45) is 79.1. The van der Waals surface area contributed by atoms with Gasteiger partial charge in [0.25, 0.3) is 0 Å². The number of hydrogen-bond acceptors (Lipinski definition) is 6. The summed E-state index contributed by atoms with van der Waals surface area (Å²) in [4.78, 5) is 37.7. The first-order valence-corrected chi connectivity index (χ1v) is 32.9. The van der Waals surface area contributed by atoms with E-state index in [2.05, 4.69) is 135 Å². The maximum atomic E-state index is 13.6. The highest BCUT2D eigenvalue weighted by molar-refractivity contribution is 7.47. The first kappa shape index (κ1) is 74.4. The van der Waals surface area contributed by atoms with Crippen LogP contribution >= 0.6 is 7.82 Å². The third-order valence-corrected chi connectivity index (χ3v) is 14.1. The molecule has 3 atom stereocenters. The first-order chi connectivity index (χ1) is 37.9. The van der Waals surface area contributed by atoms with E-state index in [1.165, 1.54) is 77.0 Å². The summed E-state index contributed by atoms with van der Waals surface area (Å²) >= 11 is 0. The minimum absolute atomic E-state index is 0.0237. The molecule has 0 radical (unpaired) electrons. The van der Waals surface area contributed by atoms with E-state index in [4.69, 9.17) is 13.8 Å². The van der Waals surface area contributed by atoms with Crippen molar-refractivity contribution in [3.05, 3.63) is 122 Å². The van der Waals surface area contributed by atoms with Crippen molar-refractivity contribution in [2.75, 3.05) is 40.9 Å². The summed E-state index contributed by atoms with van der Waals surface area (Å²) in [5, 5.41) is 3.04. The lowest BCUT2D eigenvalue weighted by atomic mass is 10.0. The molecule has 0 heterocycles. The van der Waals surface area contributed by atoms with Crippen LogP contribution in [0.2, 0.25) is 0 Å². The largest absolute Gasteiger partial charge is 0.472 e. The molecule has 0 bridgehead atoms. The van der Waals surface area contributed by atoms with E-state index in [1.54, 1.807) is 0 Å². The molecular formula is C68H118N2O7P+. The fourth-order valence-corrected chi connectivity index (χ4v) is 9.04. The molecule has 0 saturated carbocycles. The summed E-state index contributed by atoms with van der Waals surface area (Å²) in [6.45, 7) is 6.82. The van der Waals surface area contributed by atoms with Crippen LogP contribution in [0.15, 0.2) is 122 Å². The quantitative estimate of drug-likeness (QED) is 0.0205. The third-order valence-electron chi connectivity index (χ3n) is 13.1. The molecule has 0 rings (SSSR count). The third kappa shape index (κ3) is 57.1. The van der Waals surface area contributed by atoms with Crippen LogP contribution < -0.4 is 5.32 Å². The normalized spacial score (nSPS) is 14.5. The maximum absolute atomic E-state index is 13.6. The molecule has 3 unspecified atom stereocenters. The van der Waals surface area contributed by atoms with Crippen LogP contribution in [0.3, 0.4) is 0 Å². The number of nitrogens with one attached hydrogen (secondary N) is 1. The first-order valence-electron chi connectivity index (χ1n) is 31.4. The van der Waals surface area contributed by atoms with Crippen molar-refractivity contribution >= 4 is 19.7 Å². The lowest BCUT2D eigenvalue weighted by Gasteiger charge is -2.27. The second-order valence-corrected chi connectivity index (χ2v) is 23.3. The van der Waals surface area contributed by atoms with E-state index in [0.717, 1.165) is 128 Å². The number of nitrogens with zero attached hydrogens (tertiary/aromatic N) is 1. The number of rotatable bonds is 55. The number of likely N-dealkylation sites (N-methyl/N-ethyl adjacent to an activating group) is 1. The van der Waals surface area contributed by atoms with Crippen molar-refractivity contribution < 1.29 is 37.3 Å². The van der Waals surface area contributed by atoms with Crippen molar-refractivity contribution in [2.45, 2.75) is 258 Å². The zero-order valence-electron chi connectivity index (χ0n) is 50.9. The van der Waals surface area contributed by atoms with Gasteiger partial charge in [0.1, 0.15) is 19.3 Å². The molecule has 0 aliphatic heterocycles. The highest BCUT2D eigenvalue weighted by atomic mass is 31.2. The smallest absolute Gasteiger partial charge is 0.456 e. The number of amides is 1. The Kier molecular flexibility index (Phi) is 54.1. The average Bonchev–Trinajstić information content (AvgIpc) is 3.40. The van der Waals surface area contributed by atoms with Crippen molar-refractivity contribution in [1.82, 2.24) is 5.32 Å². The highest BCUT2D eigenvalue weighted by Crippen LogP contribution is 2.43. The van der Waals surface area contributed by atoms with Gasteiger partial charge in [0, 0.05) is 12.8 Å². The summed E-state index contributed by atoms with van der Waals surface area (Å²) in [5.74, 6) is -0.578. The molecule has 0 aromatic carbocycles. The predicted molar refractivity (Wildman–Crippen MR) is 336 cm³/mol. The van der Waals surface area contributed by atoms with E-state index < -0.39 is 20.0 Å². The number of carbonyl (C=O) groups excluding carboxylic acids is 2. The number of unbranched alkanes of at least 4 members (excludes halogenated alkanes) is 21. The molecule has 0 aliphatic carbocycles. The van der Waals surface area contributed by atoms with Crippen molar-refractivity contribution in [3.63, 3.8) is 0 Å². The van der Waals surface area contributed by atoms with Gasteiger partial charge in [-0.25, -0.2) is 4.57 Å². The van der Waals surface area contributed by atoms with Crippen LogP contribution in [0.25, 0.3) is 0 Å². The standard InChI is InChI=1S/C68H117N2O7P/c1-7-10-13-16-19-22-25-28-30-32-34-35-37-39-41-43-46-49-52-55-58-61-68(72)77-66(59-56-53-50-47-44-27-24-21-18-15-12-9-3)65(64-76-78(73,74)75-63-62-70(4,5)6)69-67(71)60-57-54-51-48-45-42-40-38-36-33-31-29-26-23-20-17-14-11-8-2/h10,13,19-20,22-23,28-31,34-36,38-39,41,46,49,56,59,65-66H,7-9,11-12,14-18,21,24-27,32-33,37,40,42-45,47-48,50-55,57-58,60-64H2,1-6H3,(H-,69,71,73,74)/p+1/b13-10-,22-19-,23-20-,30-28-,31-29-,35-34-,38-36-,41-39-,49-46-,59-56+. The van der Waals surface area contributed by atoms with Gasteiger partial charge >= 0.3 is 13.8 Å². The molecule has 9 nitrogen and oxygen atoms in total. The van der Waals surface area contributed by atoms with Crippen molar-refractivity contribution in [1.29, 1.82) is 0 Å². The van der Waals surface area contributed by atoms with Gasteiger partial charge in [-0.2, -0.15) is 0 Å². The molecule has 446 valence electrons. The molecule has 0 aliphatic rings. The van der Waals surface area contributed by atoms with Gasteiger partial charge < -0.3 is 19.4 Å². The van der Waals surface area contributed by atoms with Crippen LogP contribution in [-0.2, 0) is 27.9 Å². The monoisotopic (exact) mass is 1110 g/mol. The van der Waals surface area contributed by atoms with Gasteiger partial charge in [-0.1, -0.05) is 233 Å². The van der Waals surface area contributed by atoms with Gasteiger partial charge in [-0.15, -0.1) is 0 Å². The minimum Gasteiger partial charge on any atom is -0.456 e. The molecule has 1 amide bonds. The van der Waals surface area contributed by atoms with E-state index >= 15 is 0 Å². The molecule has 0 aromatic heterocycles. The molecule has 78 heavy (non-hydrogen) atoms. The van der Waals surface area contributed by atoms with E-state index in [9.17, 15) is 19.0 Å². The zero-order chi connectivity index (χ0) is 57.2. The Morgan fingerprint density at radius 3 is 1.27 bits per heavy atom. The number of esters is 1. The maximum Gasteiger partial charge on any atom is 0.472 e. The number of carbonyl (C=O) groups is 2. The van der Waals surface area contributed by atoms with Crippen LogP contribution in [0.1, 0.15) is 245 Å². The molecule has 2 N–H and O–H groups in total. The number of ether oxygens (including phenoxy) is 1. The molecular weight excluding hydrogens is 988 g/mol. The molecule has 10 heteroatoms. The molecule has 0 spiro atoms. The summed E-state index contributed by atoms with van der Waals surface area (Å²) in [6, 6.07) is -0.882. The lowest BCUT2D eigenvalue weighted by molar-refractivity contribution is -0.870. The van der Waals surface area contributed by atoms with E-state index in [0.29, 0.717) is 23.9 Å². The van der Waals surface area contributed by atoms with Crippen LogP contribution in [0.5, 0.6) is 0 Å². The van der Waals surface area contributed by atoms with Gasteiger partial charge in [0.05, 0.1) is 33.8 Å². The molecule has 0 aromatic rings. The zero-order valence-corrected chi connectivity index (χ0v) is 51.8. The summed E-state index contributed by atoms with van der Waals surface area (Å²) < 4.78 is 30.7. The number of phosphoric ester groups is 1. The number of phosphoric acid groups is 1. The van der Waals surface area contributed by atoms with Crippen molar-refractivity contribution in [2.24, 2.45) is 0 Å². The fraction of sp³-hybridized carbons (Fsp3) is 0.676. The van der Waals surface area contributed by atoms with Crippen LogP contribution in [-0.4, -0.2) is 74.3 Å². The van der Waals surface area contributed by atoms with E-state index in [-0.39, 0.29) is 31.5 Å². The number of allylic oxidation sites excluding steroid dienone is 19. The molecule has 0 saturated heterocycles. The Morgan fingerprint density at radius 1 is 0.462 bits per heavy atom. The number of hydrogen-bond donors (Lipinski definition) is 2. The lowest BCUT2D eigenvalue weighted by Crippen LogP contribution is -2.47. The second kappa shape index (κ2) is 56.7. The summed E-state index contributed by atoms with van der Waals surface area (Å²) in [7, 11) is 1.44. The SMILES string of the molecule is CC/C=C\C/C=C\C/C=C\C/C=C\C/C=C\C/C=C\CCCCC(=O)OC(/C=C/CCCCCCCCCCCC)C(COP(=O)(O)OCC[N+](C)(C)C)NC(=O)CCCCCCCC/C=C\C/C=C\C/C=C\CCCCC. The topological polar surface area (TPSA) is 111 Å². The number of quaternary nitrogens is 1. The predicted octanol–water partition coefficient (Wildman–Crippen LogP) is 19.5. The Balaban J connectivity index is 5.37. The van der Waals surface area contributed by atoms with Gasteiger partial charge in [0.15, 0.2) is 0 Å². The van der Waals surface area contributed by atoms with Gasteiger partial charge in [-0.05, 0) is 122 Å². The van der Waals surface area contributed by atoms with Gasteiger partial charge in [-0.3, -0.25) is 18.6 Å². The van der Waals surface area contributed by atoms with E-state index in [1.807, 2.05) is 33.3 Å². The summed E-state index contributed by atoms with van der Waals surface area (Å²) in [5.41, 5.74) is 0. The van der Waals surface area contributed by atoms with Crippen LogP contribution in [0.4, 0.5) is 0 Å².